The number of amides is 1. The number of carbonyl (C=O) groups is 4. The zero-order valence-electron chi connectivity index (χ0n) is 18.5. The van der Waals surface area contributed by atoms with Crippen molar-refractivity contribution in [3.63, 3.8) is 0 Å². The van der Waals surface area contributed by atoms with E-state index in [-0.39, 0.29) is 12.4 Å². The Morgan fingerprint density at radius 1 is 0.906 bits per heavy atom. The minimum atomic E-state index is -1.22. The molecule has 176 valence electrons. The Morgan fingerprint density at radius 3 is 2.03 bits per heavy atom. The Labute approximate surface area is 185 Å². The Kier molecular flexibility index (Phi) is 8.82. The van der Waals surface area contributed by atoms with Crippen LogP contribution in [-0.4, -0.2) is 68.2 Å². The van der Waals surface area contributed by atoms with E-state index in [0.29, 0.717) is 5.75 Å². The summed E-state index contributed by atoms with van der Waals surface area (Å²) in [4.78, 5) is 46.9. The van der Waals surface area contributed by atoms with Crippen molar-refractivity contribution in [1.29, 1.82) is 0 Å². The minimum absolute atomic E-state index is 0.286. The van der Waals surface area contributed by atoms with Crippen molar-refractivity contribution < 1.29 is 47.6 Å². The quantitative estimate of drug-likeness (QED) is 0.443. The van der Waals surface area contributed by atoms with E-state index in [9.17, 15) is 19.2 Å². The van der Waals surface area contributed by atoms with E-state index < -0.39 is 54.5 Å². The average Bonchev–Trinajstić information content (AvgIpc) is 2.70. The molecule has 2 rings (SSSR count). The predicted molar refractivity (Wildman–Crippen MR) is 108 cm³/mol. The molecule has 1 amide bonds. The van der Waals surface area contributed by atoms with Crippen molar-refractivity contribution in [1.82, 2.24) is 5.32 Å². The zero-order valence-corrected chi connectivity index (χ0v) is 18.5. The van der Waals surface area contributed by atoms with Gasteiger partial charge in [-0.2, -0.15) is 0 Å². The summed E-state index contributed by atoms with van der Waals surface area (Å²) < 4.78 is 33.0. The van der Waals surface area contributed by atoms with E-state index in [1.807, 2.05) is 0 Å². The molecule has 1 aliphatic heterocycles. The van der Waals surface area contributed by atoms with Crippen LogP contribution < -0.4 is 14.8 Å². The maximum atomic E-state index is 11.9. The first-order chi connectivity index (χ1) is 15.1. The van der Waals surface area contributed by atoms with Gasteiger partial charge >= 0.3 is 17.9 Å². The van der Waals surface area contributed by atoms with Crippen molar-refractivity contribution >= 4 is 23.8 Å². The first-order valence-electron chi connectivity index (χ1n) is 9.82. The molecule has 0 aromatic heterocycles. The maximum absolute atomic E-state index is 11.9. The van der Waals surface area contributed by atoms with Crippen molar-refractivity contribution in [2.75, 3.05) is 13.7 Å². The first-order valence-corrected chi connectivity index (χ1v) is 9.82. The van der Waals surface area contributed by atoms with Gasteiger partial charge in [-0.25, -0.2) is 0 Å². The van der Waals surface area contributed by atoms with E-state index in [2.05, 4.69) is 5.32 Å². The highest BCUT2D eigenvalue weighted by Crippen LogP contribution is 2.32. The van der Waals surface area contributed by atoms with E-state index in [1.165, 1.54) is 34.8 Å². The van der Waals surface area contributed by atoms with Gasteiger partial charge < -0.3 is 33.7 Å². The second-order valence-corrected chi connectivity index (χ2v) is 6.99. The molecule has 0 spiro atoms. The van der Waals surface area contributed by atoms with Crippen LogP contribution in [0, 0.1) is 0 Å². The third kappa shape index (κ3) is 6.84. The number of carbonyl (C=O) groups excluding carboxylic acids is 4. The molecule has 1 aromatic carbocycles. The molecule has 0 saturated carbocycles. The van der Waals surface area contributed by atoms with Crippen LogP contribution in [0.15, 0.2) is 24.3 Å². The summed E-state index contributed by atoms with van der Waals surface area (Å²) in [6, 6.07) is 5.65. The van der Waals surface area contributed by atoms with E-state index in [0.717, 1.165) is 0 Å². The van der Waals surface area contributed by atoms with Gasteiger partial charge in [0.25, 0.3) is 0 Å². The fraction of sp³-hybridized carbons (Fsp3) is 0.524. The minimum Gasteiger partial charge on any atom is -0.493 e. The van der Waals surface area contributed by atoms with Crippen molar-refractivity contribution in [3.05, 3.63) is 24.3 Å². The molecule has 0 bridgehead atoms. The van der Waals surface area contributed by atoms with Crippen molar-refractivity contribution in [3.8, 4) is 11.5 Å². The highest BCUT2D eigenvalue weighted by Gasteiger charge is 2.52. The molecule has 1 heterocycles. The summed E-state index contributed by atoms with van der Waals surface area (Å²) >= 11 is 0. The monoisotopic (exact) mass is 453 g/mol. The fourth-order valence-electron chi connectivity index (χ4n) is 3.23. The third-order valence-corrected chi connectivity index (χ3v) is 4.38. The molecule has 11 nitrogen and oxygen atoms in total. The second kappa shape index (κ2) is 11.3. The summed E-state index contributed by atoms with van der Waals surface area (Å²) in [5, 5.41) is 2.63. The average molecular weight is 453 g/mol. The molecule has 1 aliphatic rings. The molecular weight excluding hydrogens is 426 g/mol. The van der Waals surface area contributed by atoms with Gasteiger partial charge in [-0.15, -0.1) is 0 Å². The number of methoxy groups -OCH3 is 1. The van der Waals surface area contributed by atoms with Crippen molar-refractivity contribution in [2.24, 2.45) is 0 Å². The van der Waals surface area contributed by atoms with Gasteiger partial charge in [0.15, 0.2) is 23.7 Å². The summed E-state index contributed by atoms with van der Waals surface area (Å²) in [5.41, 5.74) is 0. The SMILES string of the molecule is COc1ccccc1O[C@H]1O[C@@H](COC(C)=O)[C@@H](OC(C)=O)[C@@H](OC(C)=O)[C@@H]1NC(C)=O. The molecule has 0 radical (unpaired) electrons. The van der Waals surface area contributed by atoms with Crippen LogP contribution in [0.4, 0.5) is 0 Å². The first kappa shape index (κ1) is 24.9. The lowest BCUT2D eigenvalue weighted by Crippen LogP contribution is -2.67. The number of hydrogen-bond acceptors (Lipinski definition) is 10. The van der Waals surface area contributed by atoms with Gasteiger partial charge in [-0.05, 0) is 12.1 Å². The Morgan fingerprint density at radius 2 is 1.50 bits per heavy atom. The Bertz CT molecular complexity index is 842. The topological polar surface area (TPSA) is 136 Å². The molecule has 0 aliphatic carbocycles. The molecule has 1 aromatic rings. The van der Waals surface area contributed by atoms with Gasteiger partial charge in [-0.3, -0.25) is 19.2 Å². The van der Waals surface area contributed by atoms with Crippen LogP contribution in [0.2, 0.25) is 0 Å². The highest BCUT2D eigenvalue weighted by atomic mass is 16.7. The maximum Gasteiger partial charge on any atom is 0.303 e. The van der Waals surface area contributed by atoms with Gasteiger partial charge in [-0.1, -0.05) is 12.1 Å². The number of nitrogens with one attached hydrogen (secondary N) is 1. The summed E-state index contributed by atoms with van der Waals surface area (Å²) in [5.74, 6) is -1.76. The molecule has 1 fully saturated rings. The van der Waals surface area contributed by atoms with Crippen LogP contribution in [0.25, 0.3) is 0 Å². The fourth-order valence-corrected chi connectivity index (χ4v) is 3.23. The predicted octanol–water partition coefficient (Wildman–Crippen LogP) is 0.730. The summed E-state index contributed by atoms with van der Waals surface area (Å²) in [6.45, 7) is 4.48. The van der Waals surface area contributed by atoms with Crippen LogP contribution >= 0.6 is 0 Å². The van der Waals surface area contributed by atoms with E-state index >= 15 is 0 Å². The Balaban J connectivity index is 2.48. The Hall–Kier alpha value is -3.34. The number of benzene rings is 1. The van der Waals surface area contributed by atoms with Gasteiger partial charge in [0.2, 0.25) is 12.2 Å². The van der Waals surface area contributed by atoms with Gasteiger partial charge in [0.05, 0.1) is 7.11 Å². The molecule has 1 N–H and O–H groups in total. The summed E-state index contributed by atoms with van der Waals surface area (Å²) in [6.07, 6.45) is -4.66. The van der Waals surface area contributed by atoms with E-state index in [1.54, 1.807) is 24.3 Å². The third-order valence-electron chi connectivity index (χ3n) is 4.38. The number of para-hydroxylation sites is 2. The molecule has 32 heavy (non-hydrogen) atoms. The van der Waals surface area contributed by atoms with Gasteiger partial charge in [0.1, 0.15) is 18.8 Å². The lowest BCUT2D eigenvalue weighted by Gasteiger charge is -2.44. The number of esters is 3. The van der Waals surface area contributed by atoms with Crippen molar-refractivity contribution in [2.45, 2.75) is 58.3 Å². The molecule has 0 unspecified atom stereocenters. The van der Waals surface area contributed by atoms with E-state index in [4.69, 9.17) is 28.4 Å². The highest BCUT2D eigenvalue weighted by molar-refractivity contribution is 5.73. The zero-order chi connectivity index (χ0) is 23.8. The second-order valence-electron chi connectivity index (χ2n) is 6.99. The molecule has 11 heteroatoms. The smallest absolute Gasteiger partial charge is 0.303 e. The number of hydrogen-bond donors (Lipinski definition) is 1. The van der Waals surface area contributed by atoms with Crippen LogP contribution in [0.3, 0.4) is 0 Å². The lowest BCUT2D eigenvalue weighted by atomic mass is 9.96. The molecule has 5 atom stereocenters. The lowest BCUT2D eigenvalue weighted by molar-refractivity contribution is -0.257. The molecule has 1 saturated heterocycles. The van der Waals surface area contributed by atoms with Crippen LogP contribution in [-0.2, 0) is 38.1 Å². The van der Waals surface area contributed by atoms with Crippen LogP contribution in [0.1, 0.15) is 27.7 Å². The largest absolute Gasteiger partial charge is 0.493 e. The summed E-state index contributed by atoms with van der Waals surface area (Å²) in [7, 11) is 1.46. The molecular formula is C21H27NO10. The number of ether oxygens (including phenoxy) is 6. The normalized spacial score (nSPS) is 24.6. The van der Waals surface area contributed by atoms with Crippen LogP contribution in [0.5, 0.6) is 11.5 Å². The standard InChI is InChI=1S/C21H27NO10/c1-11(23)22-18-20(30-14(4)26)19(29-13(3)25)17(10-28-12(2)24)32-21(18)31-16-9-7-6-8-15(16)27-5/h6-9,17-21H,10H2,1-5H3,(H,22,23)/t17-,18-,19+,20-,21-/m0/s1. The van der Waals surface area contributed by atoms with Gasteiger partial charge in [0, 0.05) is 27.7 Å². The number of rotatable bonds is 8.